The highest BCUT2D eigenvalue weighted by Gasteiger charge is 2.06. The largest absolute Gasteiger partial charge is 0.478 e. The number of aromatic carboxylic acids is 2. The molecule has 138 valence electrons. The number of benzene rings is 3. The first-order valence-corrected chi connectivity index (χ1v) is 9.32. The molecule has 0 aliphatic rings. The van der Waals surface area contributed by atoms with Gasteiger partial charge in [-0.05, 0) is 88.7 Å². The molecule has 4 nitrogen and oxygen atoms in total. The second-order valence-corrected chi connectivity index (χ2v) is 7.34. The van der Waals surface area contributed by atoms with Gasteiger partial charge in [-0.3, -0.25) is 0 Å². The summed E-state index contributed by atoms with van der Waals surface area (Å²) < 4.78 is 0.942. The van der Waals surface area contributed by atoms with E-state index in [2.05, 4.69) is 22.6 Å². The van der Waals surface area contributed by atoms with E-state index >= 15 is 0 Å². The summed E-state index contributed by atoms with van der Waals surface area (Å²) in [6.07, 6.45) is 0. The minimum absolute atomic E-state index is 0.289. The fraction of sp³-hybridized carbons (Fsp3) is 0.0476. The lowest BCUT2D eigenvalue weighted by Gasteiger charge is -2.07. The Balaban J connectivity index is 0.000000223. The summed E-state index contributed by atoms with van der Waals surface area (Å²) in [5, 5.41) is 18.1. The molecule has 0 bridgehead atoms. The van der Waals surface area contributed by atoms with Crippen LogP contribution >= 0.6 is 34.2 Å². The van der Waals surface area contributed by atoms with E-state index in [1.54, 1.807) is 42.5 Å². The van der Waals surface area contributed by atoms with Gasteiger partial charge < -0.3 is 10.2 Å². The molecule has 0 spiro atoms. The number of carboxylic acid groups (broad SMARTS) is 2. The number of rotatable bonds is 3. The molecule has 0 aromatic heterocycles. The van der Waals surface area contributed by atoms with Gasteiger partial charge in [0, 0.05) is 8.59 Å². The molecule has 0 saturated heterocycles. The maximum absolute atomic E-state index is 10.9. The van der Waals surface area contributed by atoms with Crippen molar-refractivity contribution in [2.75, 3.05) is 0 Å². The molecular formula is C21H16ClIO4. The minimum atomic E-state index is -0.918. The van der Waals surface area contributed by atoms with Crippen molar-refractivity contribution < 1.29 is 19.8 Å². The Kier molecular flexibility index (Phi) is 7.38. The van der Waals surface area contributed by atoms with Crippen LogP contribution in [-0.4, -0.2) is 22.2 Å². The third-order valence-corrected chi connectivity index (χ3v) is 4.59. The molecule has 0 saturated carbocycles. The molecule has 0 aliphatic heterocycles. The van der Waals surface area contributed by atoms with Crippen molar-refractivity contribution in [2.24, 2.45) is 0 Å². The number of hydrogen-bond donors (Lipinski definition) is 2. The highest BCUT2D eigenvalue weighted by atomic mass is 127. The van der Waals surface area contributed by atoms with Crippen molar-refractivity contribution >= 4 is 46.1 Å². The Hall–Kier alpha value is -2.38. The average Bonchev–Trinajstić information content (AvgIpc) is 2.62. The number of carboxylic acids is 2. The lowest BCUT2D eigenvalue weighted by Crippen LogP contribution is -1.96. The van der Waals surface area contributed by atoms with E-state index in [4.69, 9.17) is 21.8 Å². The summed E-state index contributed by atoms with van der Waals surface area (Å²) in [5.74, 6) is -1.79. The van der Waals surface area contributed by atoms with Crippen LogP contribution in [0.1, 0.15) is 26.3 Å². The fourth-order valence-corrected chi connectivity index (χ4v) is 3.16. The smallest absolute Gasteiger partial charge is 0.335 e. The number of carbonyl (C=O) groups is 2. The fourth-order valence-electron chi connectivity index (χ4n) is 2.39. The van der Waals surface area contributed by atoms with Crippen LogP contribution in [-0.2, 0) is 0 Å². The third-order valence-electron chi connectivity index (χ3n) is 3.68. The summed E-state index contributed by atoms with van der Waals surface area (Å²) in [5.41, 5.74) is 3.54. The molecule has 2 N–H and O–H groups in total. The summed E-state index contributed by atoms with van der Waals surface area (Å²) in [4.78, 5) is 21.3. The Bertz CT molecular complexity index is 985. The highest BCUT2D eigenvalue weighted by molar-refractivity contribution is 14.1. The topological polar surface area (TPSA) is 74.6 Å². The Morgan fingerprint density at radius 3 is 1.96 bits per heavy atom. The molecule has 3 rings (SSSR count). The van der Waals surface area contributed by atoms with Crippen molar-refractivity contribution in [1.82, 2.24) is 0 Å². The van der Waals surface area contributed by atoms with Gasteiger partial charge in [-0.25, -0.2) is 9.59 Å². The molecule has 0 aliphatic carbocycles. The van der Waals surface area contributed by atoms with E-state index < -0.39 is 11.9 Å². The van der Waals surface area contributed by atoms with Gasteiger partial charge >= 0.3 is 11.9 Å². The maximum atomic E-state index is 10.9. The van der Waals surface area contributed by atoms with E-state index in [1.807, 2.05) is 31.2 Å². The molecule has 0 fully saturated rings. The lowest BCUT2D eigenvalue weighted by atomic mass is 9.99. The predicted octanol–water partition coefficient (Wildman–Crippen LogP) is 6.00. The monoisotopic (exact) mass is 494 g/mol. The average molecular weight is 495 g/mol. The van der Waals surface area contributed by atoms with Crippen molar-refractivity contribution in [3.05, 3.63) is 92.0 Å². The highest BCUT2D eigenvalue weighted by Crippen LogP contribution is 2.26. The van der Waals surface area contributed by atoms with Gasteiger partial charge in [0.15, 0.2) is 0 Å². The van der Waals surface area contributed by atoms with E-state index in [9.17, 15) is 9.59 Å². The first kappa shape index (κ1) is 20.9. The first-order valence-electron chi connectivity index (χ1n) is 7.86. The first-order chi connectivity index (χ1) is 12.8. The van der Waals surface area contributed by atoms with Gasteiger partial charge in [-0.2, -0.15) is 0 Å². The summed E-state index contributed by atoms with van der Waals surface area (Å²) in [6.45, 7) is 1.95. The van der Waals surface area contributed by atoms with E-state index in [0.717, 1.165) is 20.3 Å². The van der Waals surface area contributed by atoms with Crippen molar-refractivity contribution in [3.63, 3.8) is 0 Å². The lowest BCUT2D eigenvalue weighted by molar-refractivity contribution is 0.0686. The maximum Gasteiger partial charge on any atom is 0.335 e. The Morgan fingerprint density at radius 2 is 1.44 bits per heavy atom. The number of aryl methyl sites for hydroxylation is 1. The van der Waals surface area contributed by atoms with Crippen molar-refractivity contribution in [2.45, 2.75) is 6.92 Å². The third kappa shape index (κ3) is 6.08. The van der Waals surface area contributed by atoms with Crippen LogP contribution in [0.15, 0.2) is 66.7 Å². The number of hydrogen-bond acceptors (Lipinski definition) is 2. The molecular weight excluding hydrogens is 479 g/mol. The summed E-state index contributed by atoms with van der Waals surface area (Å²) in [7, 11) is 0. The van der Waals surface area contributed by atoms with E-state index in [1.165, 1.54) is 0 Å². The summed E-state index contributed by atoms with van der Waals surface area (Å²) in [6, 6.07) is 19.2. The minimum Gasteiger partial charge on any atom is -0.478 e. The zero-order valence-electron chi connectivity index (χ0n) is 14.3. The molecule has 3 aromatic carbocycles. The second-order valence-electron chi connectivity index (χ2n) is 5.66. The van der Waals surface area contributed by atoms with E-state index in [-0.39, 0.29) is 5.56 Å². The van der Waals surface area contributed by atoms with Gasteiger partial charge in [0.1, 0.15) is 0 Å². The molecule has 0 radical (unpaired) electrons. The zero-order valence-corrected chi connectivity index (χ0v) is 17.2. The second kappa shape index (κ2) is 9.53. The summed E-state index contributed by atoms with van der Waals surface area (Å²) >= 11 is 7.97. The number of halogens is 2. The van der Waals surface area contributed by atoms with Gasteiger partial charge in [-0.15, -0.1) is 0 Å². The molecule has 0 atom stereocenters. The Labute approximate surface area is 175 Å². The molecule has 0 heterocycles. The SMILES string of the molecule is Cc1cc(Cl)ccc1-c1cccc(C(=O)O)c1.O=C(O)c1cccc(I)c1. The molecule has 0 unspecified atom stereocenters. The molecule has 0 amide bonds. The van der Waals surface area contributed by atoms with Crippen LogP contribution < -0.4 is 0 Å². The van der Waals surface area contributed by atoms with Crippen molar-refractivity contribution in [3.8, 4) is 11.1 Å². The zero-order chi connectivity index (χ0) is 20.0. The van der Waals surface area contributed by atoms with Crippen LogP contribution in [0.4, 0.5) is 0 Å². The quantitative estimate of drug-likeness (QED) is 0.438. The van der Waals surface area contributed by atoms with E-state index in [0.29, 0.717) is 10.6 Å². The van der Waals surface area contributed by atoms with Gasteiger partial charge in [0.05, 0.1) is 11.1 Å². The van der Waals surface area contributed by atoms with Crippen LogP contribution in [0.25, 0.3) is 11.1 Å². The van der Waals surface area contributed by atoms with Gasteiger partial charge in [0.25, 0.3) is 0 Å². The standard InChI is InChI=1S/C14H11ClO2.C7H5IO2/c1-9-7-12(15)5-6-13(9)10-3-2-4-11(8-10)14(16)17;8-6-3-1-2-5(4-6)7(9)10/h2-8H,1H3,(H,16,17);1-4H,(H,9,10). The Morgan fingerprint density at radius 1 is 0.852 bits per heavy atom. The van der Waals surface area contributed by atoms with Crippen LogP contribution in [0.2, 0.25) is 5.02 Å². The van der Waals surface area contributed by atoms with Crippen molar-refractivity contribution in [1.29, 1.82) is 0 Å². The van der Waals surface area contributed by atoms with Crippen LogP contribution in [0.3, 0.4) is 0 Å². The van der Waals surface area contributed by atoms with Crippen LogP contribution in [0.5, 0.6) is 0 Å². The normalized spacial score (nSPS) is 9.89. The molecule has 27 heavy (non-hydrogen) atoms. The van der Waals surface area contributed by atoms with Gasteiger partial charge in [-0.1, -0.05) is 35.9 Å². The van der Waals surface area contributed by atoms with Crippen LogP contribution in [0, 0.1) is 10.5 Å². The molecule has 6 heteroatoms. The van der Waals surface area contributed by atoms with Gasteiger partial charge in [0.2, 0.25) is 0 Å². The predicted molar refractivity (Wildman–Crippen MR) is 115 cm³/mol. The molecule has 3 aromatic rings.